The molecule has 2 aromatic rings. The summed E-state index contributed by atoms with van der Waals surface area (Å²) in [6, 6.07) is 10.6. The topological polar surface area (TPSA) is 35.5 Å². The third kappa shape index (κ3) is 2.25. The van der Waals surface area contributed by atoms with Gasteiger partial charge in [0, 0.05) is 17.5 Å². The standard InChI is InChI=1S/C16H13ClO3/c1-19-12-3-4-13(14(17)9-12)16(18)11-2-5-15-10(8-11)6-7-20-15/h2-5,8-9H,6-7H2,1H3. The molecular weight excluding hydrogens is 276 g/mol. The van der Waals surface area contributed by atoms with Gasteiger partial charge in [0.15, 0.2) is 5.78 Å². The molecule has 0 atom stereocenters. The predicted octanol–water partition coefficient (Wildman–Crippen LogP) is 3.51. The second kappa shape index (κ2) is 5.17. The van der Waals surface area contributed by atoms with E-state index in [1.807, 2.05) is 12.1 Å². The van der Waals surface area contributed by atoms with Crippen LogP contribution in [-0.4, -0.2) is 19.5 Å². The molecule has 2 aromatic carbocycles. The summed E-state index contributed by atoms with van der Waals surface area (Å²) in [6.45, 7) is 0.677. The Balaban J connectivity index is 1.96. The van der Waals surface area contributed by atoms with Gasteiger partial charge in [-0.3, -0.25) is 4.79 Å². The smallest absolute Gasteiger partial charge is 0.194 e. The minimum Gasteiger partial charge on any atom is -0.497 e. The monoisotopic (exact) mass is 288 g/mol. The molecule has 0 amide bonds. The van der Waals surface area contributed by atoms with Gasteiger partial charge in [0.2, 0.25) is 0 Å². The minimum absolute atomic E-state index is 0.0904. The fraction of sp³-hybridized carbons (Fsp3) is 0.188. The number of halogens is 1. The molecule has 0 saturated heterocycles. The molecule has 0 aromatic heterocycles. The molecule has 20 heavy (non-hydrogen) atoms. The van der Waals surface area contributed by atoms with E-state index in [0.717, 1.165) is 17.7 Å². The highest BCUT2D eigenvalue weighted by Gasteiger charge is 2.18. The highest BCUT2D eigenvalue weighted by atomic mass is 35.5. The number of hydrogen-bond acceptors (Lipinski definition) is 3. The van der Waals surface area contributed by atoms with E-state index in [9.17, 15) is 4.79 Å². The molecule has 0 spiro atoms. The number of fused-ring (bicyclic) bond motifs is 1. The quantitative estimate of drug-likeness (QED) is 0.811. The van der Waals surface area contributed by atoms with Crippen LogP contribution in [0.15, 0.2) is 36.4 Å². The molecule has 102 valence electrons. The summed E-state index contributed by atoms with van der Waals surface area (Å²) in [7, 11) is 1.56. The molecule has 3 nitrogen and oxygen atoms in total. The molecule has 0 fully saturated rings. The van der Waals surface area contributed by atoms with Crippen molar-refractivity contribution >= 4 is 17.4 Å². The second-order valence-electron chi connectivity index (χ2n) is 4.60. The van der Waals surface area contributed by atoms with E-state index in [1.165, 1.54) is 0 Å². The van der Waals surface area contributed by atoms with Crippen molar-refractivity contribution in [3.05, 3.63) is 58.1 Å². The largest absolute Gasteiger partial charge is 0.497 e. The fourth-order valence-electron chi connectivity index (χ4n) is 2.29. The summed E-state index contributed by atoms with van der Waals surface area (Å²) in [5.41, 5.74) is 2.17. The zero-order valence-electron chi connectivity index (χ0n) is 11.0. The van der Waals surface area contributed by atoms with Crippen LogP contribution in [-0.2, 0) is 6.42 Å². The molecular formula is C16H13ClO3. The Bertz CT molecular complexity index is 679. The number of hydrogen-bond donors (Lipinski definition) is 0. The summed E-state index contributed by atoms with van der Waals surface area (Å²) in [6.07, 6.45) is 0.840. The summed E-state index contributed by atoms with van der Waals surface area (Å²) in [5, 5.41) is 0.395. The first kappa shape index (κ1) is 13.0. The lowest BCUT2D eigenvalue weighted by Gasteiger charge is -2.07. The second-order valence-corrected chi connectivity index (χ2v) is 5.00. The minimum atomic E-state index is -0.0904. The maximum atomic E-state index is 12.5. The van der Waals surface area contributed by atoms with Gasteiger partial charge < -0.3 is 9.47 Å². The van der Waals surface area contributed by atoms with Gasteiger partial charge in [-0.2, -0.15) is 0 Å². The number of ketones is 1. The molecule has 0 radical (unpaired) electrons. The Kier molecular flexibility index (Phi) is 3.36. The predicted molar refractivity (Wildman–Crippen MR) is 77.1 cm³/mol. The van der Waals surface area contributed by atoms with Crippen LogP contribution in [0.2, 0.25) is 5.02 Å². The lowest BCUT2D eigenvalue weighted by molar-refractivity contribution is 0.103. The van der Waals surface area contributed by atoms with Gasteiger partial charge in [0.25, 0.3) is 0 Å². The van der Waals surface area contributed by atoms with Crippen molar-refractivity contribution in [2.24, 2.45) is 0 Å². The number of carbonyl (C=O) groups excluding carboxylic acids is 1. The Hall–Kier alpha value is -2.00. The van der Waals surface area contributed by atoms with Gasteiger partial charge in [-0.25, -0.2) is 0 Å². The highest BCUT2D eigenvalue weighted by molar-refractivity contribution is 6.35. The number of rotatable bonds is 3. The van der Waals surface area contributed by atoms with E-state index in [2.05, 4.69) is 0 Å². The molecule has 1 heterocycles. The van der Waals surface area contributed by atoms with Crippen LogP contribution in [0, 0.1) is 0 Å². The molecule has 1 aliphatic rings. The Morgan fingerprint density at radius 2 is 2.10 bits per heavy atom. The third-order valence-electron chi connectivity index (χ3n) is 3.37. The first-order chi connectivity index (χ1) is 9.69. The summed E-state index contributed by atoms with van der Waals surface area (Å²) >= 11 is 6.14. The molecule has 0 saturated carbocycles. The van der Waals surface area contributed by atoms with E-state index >= 15 is 0 Å². The van der Waals surface area contributed by atoms with Crippen LogP contribution in [0.5, 0.6) is 11.5 Å². The average Bonchev–Trinajstić information content (AvgIpc) is 2.93. The van der Waals surface area contributed by atoms with Crippen molar-refractivity contribution in [1.29, 1.82) is 0 Å². The molecule has 1 aliphatic heterocycles. The van der Waals surface area contributed by atoms with Crippen LogP contribution in [0.3, 0.4) is 0 Å². The maximum absolute atomic E-state index is 12.5. The number of ether oxygens (including phenoxy) is 2. The Morgan fingerprint density at radius 3 is 2.85 bits per heavy atom. The Morgan fingerprint density at radius 1 is 1.25 bits per heavy atom. The first-order valence-electron chi connectivity index (χ1n) is 6.33. The van der Waals surface area contributed by atoms with Crippen LogP contribution in [0.1, 0.15) is 21.5 Å². The van der Waals surface area contributed by atoms with E-state index in [1.54, 1.807) is 31.4 Å². The molecule has 3 rings (SSSR count). The SMILES string of the molecule is COc1ccc(C(=O)c2ccc3c(c2)CCO3)c(Cl)c1. The van der Waals surface area contributed by atoms with Gasteiger partial charge in [-0.1, -0.05) is 11.6 Å². The van der Waals surface area contributed by atoms with Crippen molar-refractivity contribution in [2.75, 3.05) is 13.7 Å². The van der Waals surface area contributed by atoms with Crippen molar-refractivity contribution in [1.82, 2.24) is 0 Å². The van der Waals surface area contributed by atoms with Crippen LogP contribution < -0.4 is 9.47 Å². The zero-order chi connectivity index (χ0) is 14.1. The van der Waals surface area contributed by atoms with Crippen molar-refractivity contribution < 1.29 is 14.3 Å². The van der Waals surface area contributed by atoms with E-state index in [0.29, 0.717) is 28.5 Å². The van der Waals surface area contributed by atoms with Crippen molar-refractivity contribution in [3.8, 4) is 11.5 Å². The van der Waals surface area contributed by atoms with Crippen LogP contribution >= 0.6 is 11.6 Å². The van der Waals surface area contributed by atoms with Crippen LogP contribution in [0.4, 0.5) is 0 Å². The van der Waals surface area contributed by atoms with Crippen molar-refractivity contribution in [2.45, 2.75) is 6.42 Å². The van der Waals surface area contributed by atoms with Crippen molar-refractivity contribution in [3.63, 3.8) is 0 Å². The van der Waals surface area contributed by atoms with Gasteiger partial charge in [-0.15, -0.1) is 0 Å². The summed E-state index contributed by atoms with van der Waals surface area (Å²) in [5.74, 6) is 1.41. The lowest BCUT2D eigenvalue weighted by atomic mass is 10.0. The number of methoxy groups -OCH3 is 1. The highest BCUT2D eigenvalue weighted by Crippen LogP contribution is 2.29. The first-order valence-corrected chi connectivity index (χ1v) is 6.71. The van der Waals surface area contributed by atoms with Gasteiger partial charge in [0.05, 0.1) is 18.7 Å². The fourth-order valence-corrected chi connectivity index (χ4v) is 2.55. The van der Waals surface area contributed by atoms with E-state index in [-0.39, 0.29) is 5.78 Å². The zero-order valence-corrected chi connectivity index (χ0v) is 11.7. The number of carbonyl (C=O) groups is 1. The van der Waals surface area contributed by atoms with Gasteiger partial charge in [-0.05, 0) is 42.0 Å². The summed E-state index contributed by atoms with van der Waals surface area (Å²) in [4.78, 5) is 12.5. The summed E-state index contributed by atoms with van der Waals surface area (Å²) < 4.78 is 10.5. The van der Waals surface area contributed by atoms with Gasteiger partial charge >= 0.3 is 0 Å². The van der Waals surface area contributed by atoms with Crippen LogP contribution in [0.25, 0.3) is 0 Å². The maximum Gasteiger partial charge on any atom is 0.194 e. The third-order valence-corrected chi connectivity index (χ3v) is 3.69. The molecule has 4 heteroatoms. The molecule has 0 unspecified atom stereocenters. The van der Waals surface area contributed by atoms with E-state index < -0.39 is 0 Å². The normalized spacial score (nSPS) is 12.7. The van der Waals surface area contributed by atoms with Gasteiger partial charge in [0.1, 0.15) is 11.5 Å². The lowest BCUT2D eigenvalue weighted by Crippen LogP contribution is -2.03. The van der Waals surface area contributed by atoms with E-state index in [4.69, 9.17) is 21.1 Å². The Labute approximate surface area is 122 Å². The average molecular weight is 289 g/mol. The molecule has 0 aliphatic carbocycles. The molecule has 0 N–H and O–H groups in total. The molecule has 0 bridgehead atoms. The number of benzene rings is 2.